The van der Waals surface area contributed by atoms with E-state index >= 15 is 0 Å². The summed E-state index contributed by atoms with van der Waals surface area (Å²) in [5.74, 6) is 1.31. The molecule has 0 bridgehead atoms. The Labute approximate surface area is 327 Å². The number of piperidine rings is 2. The van der Waals surface area contributed by atoms with Crippen LogP contribution in [0.3, 0.4) is 0 Å². The molecule has 3 aromatic rings. The van der Waals surface area contributed by atoms with Crippen LogP contribution in [0.25, 0.3) is 0 Å². The second kappa shape index (κ2) is 20.9. The lowest BCUT2D eigenvalue weighted by molar-refractivity contribution is 0.0180. The molecule has 2 amide bonds. The Bertz CT molecular complexity index is 1710. The summed E-state index contributed by atoms with van der Waals surface area (Å²) in [5, 5.41) is 7.42. The van der Waals surface area contributed by atoms with Gasteiger partial charge in [0.1, 0.15) is 11.2 Å². The number of likely N-dealkylation sites (tertiary alicyclic amines) is 2. The van der Waals surface area contributed by atoms with Crippen LogP contribution in [-0.2, 0) is 9.47 Å². The molecule has 2 fully saturated rings. The molecule has 0 radical (unpaired) electrons. The molecule has 3 aromatic heterocycles. The van der Waals surface area contributed by atoms with E-state index in [4.69, 9.17) is 42.0 Å². The molecule has 19 heteroatoms. The number of nitrogen functional groups attached to an aromatic ring is 1. The van der Waals surface area contributed by atoms with Crippen LogP contribution in [0.5, 0.6) is 11.8 Å². The summed E-state index contributed by atoms with van der Waals surface area (Å²) in [6.07, 6.45) is 12.5. The number of aliphatic imine (C=N–C) groups is 1. The number of nitrogens with two attached hydrogens (primary N) is 2. The second-order valence-corrected chi connectivity index (χ2v) is 14.8. The maximum absolute atomic E-state index is 12.1. The molecule has 0 saturated carbocycles. The normalized spacial score (nSPS) is 15.6. The van der Waals surface area contributed by atoms with Crippen molar-refractivity contribution in [2.45, 2.75) is 90.5 Å². The Hall–Kier alpha value is -5.39. The van der Waals surface area contributed by atoms with E-state index in [1.165, 1.54) is 26.6 Å². The summed E-state index contributed by atoms with van der Waals surface area (Å²) >= 11 is 5.42. The Kier molecular flexibility index (Phi) is 16.7. The van der Waals surface area contributed by atoms with Gasteiger partial charge in [0.15, 0.2) is 0 Å². The summed E-state index contributed by atoms with van der Waals surface area (Å²) in [6.45, 7) is 13.8. The smallest absolute Gasteiger partial charge is 0.410 e. The molecule has 18 nitrogen and oxygen atoms in total. The van der Waals surface area contributed by atoms with E-state index in [2.05, 4.69) is 35.3 Å². The van der Waals surface area contributed by atoms with Crippen molar-refractivity contribution >= 4 is 41.6 Å². The fraction of sp³-hybridized carbons (Fsp3) is 0.556. The Morgan fingerprint density at radius 3 is 1.85 bits per heavy atom. The molecule has 0 unspecified atom stereocenters. The number of aromatic nitrogens is 6. The molecule has 0 spiro atoms. The van der Waals surface area contributed by atoms with Gasteiger partial charge in [-0.05, 0) is 78.8 Å². The highest BCUT2D eigenvalue weighted by Crippen LogP contribution is 2.24. The number of halogens is 1. The molecule has 2 saturated heterocycles. The fourth-order valence-electron chi connectivity index (χ4n) is 5.10. The van der Waals surface area contributed by atoms with E-state index in [1.807, 2.05) is 52.4 Å². The van der Waals surface area contributed by atoms with Crippen LogP contribution >= 0.6 is 11.6 Å². The van der Waals surface area contributed by atoms with Crippen molar-refractivity contribution in [3.8, 4) is 11.8 Å². The third kappa shape index (κ3) is 16.3. The van der Waals surface area contributed by atoms with Crippen molar-refractivity contribution in [3.05, 3.63) is 54.1 Å². The lowest BCUT2D eigenvalue weighted by Crippen LogP contribution is -2.42. The predicted octanol–water partition coefficient (Wildman–Crippen LogP) is 5.34. The number of methoxy groups -OCH3 is 2. The molecule has 55 heavy (non-hydrogen) atoms. The molecular weight excluding hydrogens is 732 g/mol. The SMILES string of the molecule is CC(C)(C)OC(=O)N1CCC(n2cc(N)cn2)CC1.COc1ccnc(Cl)n1.COc1ccnc(NC(C=NC2CCN(C(=O)OC(C)(C)C)CC2)=CN)n1. The number of carbonyl (C=O) groups is 2. The van der Waals surface area contributed by atoms with E-state index in [-0.39, 0.29) is 23.5 Å². The van der Waals surface area contributed by atoms with Gasteiger partial charge in [-0.3, -0.25) is 9.67 Å². The minimum atomic E-state index is -0.485. The second-order valence-electron chi connectivity index (χ2n) is 14.5. The van der Waals surface area contributed by atoms with Crippen molar-refractivity contribution in [1.29, 1.82) is 0 Å². The summed E-state index contributed by atoms with van der Waals surface area (Å²) in [7, 11) is 3.07. The number of carbonyl (C=O) groups excluding carboxylic acids is 2. The third-order valence-electron chi connectivity index (χ3n) is 7.74. The van der Waals surface area contributed by atoms with Crippen molar-refractivity contribution in [1.82, 2.24) is 39.5 Å². The molecule has 0 aromatic carbocycles. The molecular formula is C36H55ClN12O6. The third-order valence-corrected chi connectivity index (χ3v) is 7.92. The number of hydrogen-bond acceptors (Lipinski definition) is 15. The number of anilines is 2. The first-order valence-electron chi connectivity index (χ1n) is 17.9. The van der Waals surface area contributed by atoms with E-state index in [1.54, 1.807) is 40.5 Å². The summed E-state index contributed by atoms with van der Waals surface area (Å²) < 4.78 is 22.5. The van der Waals surface area contributed by atoms with E-state index in [0.717, 1.165) is 25.7 Å². The minimum absolute atomic E-state index is 0.117. The zero-order valence-electron chi connectivity index (χ0n) is 32.9. The van der Waals surface area contributed by atoms with Gasteiger partial charge in [-0.25, -0.2) is 19.6 Å². The zero-order valence-corrected chi connectivity index (χ0v) is 33.7. The average molecular weight is 787 g/mol. The molecule has 0 atom stereocenters. The molecule has 302 valence electrons. The molecule has 5 rings (SSSR count). The average Bonchev–Trinajstić information content (AvgIpc) is 3.59. The topological polar surface area (TPSA) is 223 Å². The van der Waals surface area contributed by atoms with Gasteiger partial charge in [0, 0.05) is 69.3 Å². The van der Waals surface area contributed by atoms with Gasteiger partial charge < -0.3 is 45.5 Å². The van der Waals surface area contributed by atoms with Gasteiger partial charge in [0.2, 0.25) is 23.0 Å². The highest BCUT2D eigenvalue weighted by molar-refractivity contribution is 6.28. The number of allylic oxidation sites excluding steroid dienone is 1. The van der Waals surface area contributed by atoms with Crippen molar-refractivity contribution in [2.24, 2.45) is 10.7 Å². The fourth-order valence-corrected chi connectivity index (χ4v) is 5.24. The quantitative estimate of drug-likeness (QED) is 0.203. The maximum Gasteiger partial charge on any atom is 0.410 e. The van der Waals surface area contributed by atoms with Crippen LogP contribution in [-0.4, -0.2) is 116 Å². The van der Waals surface area contributed by atoms with Crippen LogP contribution < -0.4 is 26.3 Å². The lowest BCUT2D eigenvalue weighted by Gasteiger charge is -2.33. The van der Waals surface area contributed by atoms with Gasteiger partial charge >= 0.3 is 12.2 Å². The van der Waals surface area contributed by atoms with Crippen molar-refractivity contribution in [3.63, 3.8) is 0 Å². The molecule has 2 aliphatic rings. The van der Waals surface area contributed by atoms with Gasteiger partial charge in [0.05, 0.1) is 43.9 Å². The lowest BCUT2D eigenvalue weighted by atomic mass is 10.1. The maximum atomic E-state index is 12.1. The van der Waals surface area contributed by atoms with E-state index in [0.29, 0.717) is 61.3 Å². The minimum Gasteiger partial charge on any atom is -0.481 e. The van der Waals surface area contributed by atoms with E-state index in [9.17, 15) is 9.59 Å². The predicted molar refractivity (Wildman–Crippen MR) is 210 cm³/mol. The molecule has 2 aliphatic heterocycles. The summed E-state index contributed by atoms with van der Waals surface area (Å²) in [5.41, 5.74) is 11.6. The first kappa shape index (κ1) is 44.0. The number of hydrogen-bond donors (Lipinski definition) is 3. The van der Waals surface area contributed by atoms with Crippen LogP contribution in [0.2, 0.25) is 5.28 Å². The summed E-state index contributed by atoms with van der Waals surface area (Å²) in [4.78, 5) is 47.7. The highest BCUT2D eigenvalue weighted by atomic mass is 35.5. The number of nitrogens with one attached hydrogen (secondary N) is 1. The van der Waals surface area contributed by atoms with Gasteiger partial charge in [0.25, 0.3) is 0 Å². The first-order chi connectivity index (χ1) is 26.0. The first-order valence-corrected chi connectivity index (χ1v) is 18.2. The van der Waals surface area contributed by atoms with Crippen LogP contribution in [0.4, 0.5) is 21.2 Å². The van der Waals surface area contributed by atoms with Gasteiger partial charge in [-0.15, -0.1) is 0 Å². The van der Waals surface area contributed by atoms with Crippen LogP contribution in [0.15, 0.2) is 53.8 Å². The van der Waals surface area contributed by atoms with E-state index < -0.39 is 11.2 Å². The monoisotopic (exact) mass is 786 g/mol. The zero-order chi connectivity index (χ0) is 40.6. The number of nitrogens with zero attached hydrogens (tertiary/aromatic N) is 9. The van der Waals surface area contributed by atoms with Crippen LogP contribution in [0.1, 0.15) is 73.3 Å². The van der Waals surface area contributed by atoms with Gasteiger partial charge in [-0.2, -0.15) is 15.1 Å². The largest absolute Gasteiger partial charge is 0.481 e. The molecule has 0 aliphatic carbocycles. The molecule has 5 N–H and O–H groups in total. The standard InChI is InChI=1S/C18H28N6O3.C13H22N4O2.C5H5ClN2O/c1-18(2,3)27-17(25)24-9-6-13(7-10-24)21-12-14(11-19)22-16-20-8-5-15(23-16)26-4;1-13(2,3)19-12(18)16-6-4-11(5-7-16)17-9-10(14)8-15-17;1-9-4-2-3-7-5(6)8-4/h5,8,11-13H,6-7,9-10,19H2,1-4H3,(H,20,22,23);8-9,11H,4-7,14H2,1-3H3;2-3H,1H3. The van der Waals surface area contributed by atoms with Gasteiger partial charge in [-0.1, -0.05) is 0 Å². The summed E-state index contributed by atoms with van der Waals surface area (Å²) in [6, 6.07) is 3.72. The van der Waals surface area contributed by atoms with Crippen LogP contribution in [0, 0.1) is 0 Å². The Balaban J connectivity index is 0.000000250. The van der Waals surface area contributed by atoms with Crippen molar-refractivity contribution < 1.29 is 28.5 Å². The Morgan fingerprint density at radius 2 is 1.40 bits per heavy atom. The van der Waals surface area contributed by atoms with Crippen molar-refractivity contribution in [2.75, 3.05) is 51.4 Å². The molecule has 5 heterocycles. The number of amides is 2. The highest BCUT2D eigenvalue weighted by Gasteiger charge is 2.28. The number of rotatable bonds is 7. The Morgan fingerprint density at radius 1 is 0.873 bits per heavy atom. The number of ether oxygens (including phenoxy) is 4.